The third-order valence-corrected chi connectivity index (χ3v) is 3.70. The number of alkyl halides is 3. The standard InChI is InChI=1S/C17H16ClF3N2O2/c1-25-13-5-2-11(3-6-13)9-23-16(24)10-22-12-4-7-15(18)14(8-12)17(19,20)21/h2-8,22H,9-10H2,1H3,(H,23,24). The van der Waals surface area contributed by atoms with Gasteiger partial charge in [0.15, 0.2) is 0 Å². The molecule has 0 aliphatic rings. The van der Waals surface area contributed by atoms with Gasteiger partial charge in [0.05, 0.1) is 24.2 Å². The number of hydrogen-bond donors (Lipinski definition) is 2. The summed E-state index contributed by atoms with van der Waals surface area (Å²) in [5.41, 5.74) is 0.0918. The molecule has 2 N–H and O–H groups in total. The molecule has 2 rings (SSSR count). The van der Waals surface area contributed by atoms with Crippen LogP contribution in [0, 0.1) is 0 Å². The third kappa shape index (κ3) is 5.56. The molecule has 4 nitrogen and oxygen atoms in total. The summed E-state index contributed by atoms with van der Waals surface area (Å²) >= 11 is 5.55. The number of nitrogens with one attached hydrogen (secondary N) is 2. The summed E-state index contributed by atoms with van der Waals surface area (Å²) in [5, 5.41) is 4.93. The fraction of sp³-hybridized carbons (Fsp3) is 0.235. The first-order chi connectivity index (χ1) is 11.8. The van der Waals surface area contributed by atoms with Gasteiger partial charge in [-0.15, -0.1) is 0 Å². The number of ether oxygens (including phenoxy) is 1. The summed E-state index contributed by atoms with van der Waals surface area (Å²) < 4.78 is 43.4. The Kier molecular flexibility index (Phi) is 6.14. The van der Waals surface area contributed by atoms with Gasteiger partial charge >= 0.3 is 6.18 Å². The van der Waals surface area contributed by atoms with Gasteiger partial charge in [-0.2, -0.15) is 13.2 Å². The summed E-state index contributed by atoms with van der Waals surface area (Å²) in [6.07, 6.45) is -4.55. The van der Waals surface area contributed by atoms with E-state index < -0.39 is 11.7 Å². The highest BCUT2D eigenvalue weighted by Crippen LogP contribution is 2.36. The molecule has 25 heavy (non-hydrogen) atoms. The van der Waals surface area contributed by atoms with E-state index in [4.69, 9.17) is 16.3 Å². The van der Waals surface area contributed by atoms with Crippen LogP contribution in [0.15, 0.2) is 42.5 Å². The zero-order valence-electron chi connectivity index (χ0n) is 13.3. The third-order valence-electron chi connectivity index (χ3n) is 3.37. The molecule has 0 fully saturated rings. The molecule has 0 heterocycles. The Balaban J connectivity index is 1.87. The lowest BCUT2D eigenvalue weighted by Gasteiger charge is -2.12. The predicted octanol–water partition coefficient (Wildman–Crippen LogP) is 4.10. The van der Waals surface area contributed by atoms with Gasteiger partial charge in [0.2, 0.25) is 5.91 Å². The van der Waals surface area contributed by atoms with E-state index in [0.29, 0.717) is 12.3 Å². The van der Waals surface area contributed by atoms with Crippen molar-refractivity contribution in [2.75, 3.05) is 19.0 Å². The monoisotopic (exact) mass is 372 g/mol. The molecule has 0 saturated carbocycles. The molecule has 8 heteroatoms. The Morgan fingerprint density at radius 1 is 1.16 bits per heavy atom. The van der Waals surface area contributed by atoms with Crippen molar-refractivity contribution in [1.29, 1.82) is 0 Å². The molecule has 0 spiro atoms. The molecule has 0 atom stereocenters. The summed E-state index contributed by atoms with van der Waals surface area (Å²) in [6.45, 7) is 0.147. The number of anilines is 1. The van der Waals surface area contributed by atoms with E-state index in [1.807, 2.05) is 0 Å². The average molecular weight is 373 g/mol. The average Bonchev–Trinajstić information content (AvgIpc) is 2.58. The van der Waals surface area contributed by atoms with E-state index in [9.17, 15) is 18.0 Å². The molecular formula is C17H16ClF3N2O2. The van der Waals surface area contributed by atoms with Gasteiger partial charge < -0.3 is 15.4 Å². The maximum atomic E-state index is 12.8. The first kappa shape index (κ1) is 18.9. The Labute approximate surface area is 147 Å². The normalized spacial score (nSPS) is 11.1. The van der Waals surface area contributed by atoms with Crippen molar-refractivity contribution in [2.24, 2.45) is 0 Å². The van der Waals surface area contributed by atoms with E-state index in [0.717, 1.165) is 17.7 Å². The predicted molar refractivity (Wildman–Crippen MR) is 89.8 cm³/mol. The van der Waals surface area contributed by atoms with Crippen LogP contribution in [-0.2, 0) is 17.5 Å². The smallest absolute Gasteiger partial charge is 0.417 e. The van der Waals surface area contributed by atoms with Gasteiger partial charge in [-0.25, -0.2) is 0 Å². The van der Waals surface area contributed by atoms with Gasteiger partial charge in [-0.3, -0.25) is 4.79 Å². The van der Waals surface area contributed by atoms with E-state index in [-0.39, 0.29) is 23.2 Å². The van der Waals surface area contributed by atoms with Crippen molar-refractivity contribution in [2.45, 2.75) is 12.7 Å². The van der Waals surface area contributed by atoms with Crippen LogP contribution in [0.2, 0.25) is 5.02 Å². The van der Waals surface area contributed by atoms with E-state index in [1.165, 1.54) is 6.07 Å². The number of halogens is 4. The lowest BCUT2D eigenvalue weighted by molar-refractivity contribution is -0.137. The number of methoxy groups -OCH3 is 1. The number of hydrogen-bond acceptors (Lipinski definition) is 3. The summed E-state index contributed by atoms with van der Waals surface area (Å²) in [7, 11) is 1.56. The highest BCUT2D eigenvalue weighted by atomic mass is 35.5. The SMILES string of the molecule is COc1ccc(CNC(=O)CNc2ccc(Cl)c(C(F)(F)F)c2)cc1. The number of benzene rings is 2. The van der Waals surface area contributed by atoms with Crippen molar-refractivity contribution in [1.82, 2.24) is 5.32 Å². The molecular weight excluding hydrogens is 357 g/mol. The molecule has 0 radical (unpaired) electrons. The Morgan fingerprint density at radius 3 is 2.44 bits per heavy atom. The largest absolute Gasteiger partial charge is 0.497 e. The van der Waals surface area contributed by atoms with Crippen LogP contribution in [0.5, 0.6) is 5.75 Å². The maximum absolute atomic E-state index is 12.8. The fourth-order valence-electron chi connectivity index (χ4n) is 2.04. The van der Waals surface area contributed by atoms with Crippen LogP contribution in [0.1, 0.15) is 11.1 Å². The fourth-order valence-corrected chi connectivity index (χ4v) is 2.27. The van der Waals surface area contributed by atoms with Crippen LogP contribution >= 0.6 is 11.6 Å². The molecule has 0 aliphatic heterocycles. The van der Waals surface area contributed by atoms with Crippen molar-refractivity contribution >= 4 is 23.2 Å². The second-order valence-corrected chi connectivity index (χ2v) is 5.58. The molecule has 2 aromatic carbocycles. The van der Waals surface area contributed by atoms with Crippen molar-refractivity contribution in [3.8, 4) is 5.75 Å². The van der Waals surface area contributed by atoms with Crippen LogP contribution < -0.4 is 15.4 Å². The van der Waals surface area contributed by atoms with Crippen LogP contribution in [0.4, 0.5) is 18.9 Å². The quantitative estimate of drug-likeness (QED) is 0.802. The van der Waals surface area contributed by atoms with E-state index in [2.05, 4.69) is 10.6 Å². The number of carbonyl (C=O) groups excluding carboxylic acids is 1. The Bertz CT molecular complexity index is 734. The molecule has 134 valence electrons. The Hall–Kier alpha value is -2.41. The minimum atomic E-state index is -4.55. The van der Waals surface area contributed by atoms with Gasteiger partial charge in [-0.05, 0) is 35.9 Å². The molecule has 0 aliphatic carbocycles. The van der Waals surface area contributed by atoms with Gasteiger partial charge in [-0.1, -0.05) is 23.7 Å². The molecule has 1 amide bonds. The van der Waals surface area contributed by atoms with Gasteiger partial charge in [0.25, 0.3) is 0 Å². The zero-order chi connectivity index (χ0) is 18.4. The molecule has 0 aromatic heterocycles. The summed E-state index contributed by atoms with van der Waals surface area (Å²) in [5.74, 6) is 0.360. The van der Waals surface area contributed by atoms with Crippen molar-refractivity contribution in [3.63, 3.8) is 0 Å². The zero-order valence-corrected chi connectivity index (χ0v) is 14.0. The summed E-state index contributed by atoms with van der Waals surface area (Å²) in [4.78, 5) is 11.8. The minimum absolute atomic E-state index is 0.158. The first-order valence-electron chi connectivity index (χ1n) is 7.30. The van der Waals surface area contributed by atoms with E-state index in [1.54, 1.807) is 31.4 Å². The number of rotatable bonds is 6. The van der Waals surface area contributed by atoms with Crippen LogP contribution in [0.3, 0.4) is 0 Å². The lowest BCUT2D eigenvalue weighted by Crippen LogP contribution is -2.29. The van der Waals surface area contributed by atoms with Crippen LogP contribution in [0.25, 0.3) is 0 Å². The Morgan fingerprint density at radius 2 is 1.84 bits per heavy atom. The van der Waals surface area contributed by atoms with Crippen molar-refractivity contribution in [3.05, 3.63) is 58.6 Å². The van der Waals surface area contributed by atoms with Crippen molar-refractivity contribution < 1.29 is 22.7 Å². The van der Waals surface area contributed by atoms with Crippen LogP contribution in [-0.4, -0.2) is 19.6 Å². The van der Waals surface area contributed by atoms with E-state index >= 15 is 0 Å². The number of carbonyl (C=O) groups is 1. The highest BCUT2D eigenvalue weighted by molar-refractivity contribution is 6.31. The molecule has 2 aromatic rings. The van der Waals surface area contributed by atoms with Gasteiger partial charge in [0.1, 0.15) is 5.75 Å². The molecule has 0 saturated heterocycles. The second kappa shape index (κ2) is 8.11. The first-order valence-corrected chi connectivity index (χ1v) is 7.67. The molecule has 0 bridgehead atoms. The topological polar surface area (TPSA) is 50.4 Å². The number of amides is 1. The molecule has 0 unspecified atom stereocenters. The second-order valence-electron chi connectivity index (χ2n) is 5.17. The highest BCUT2D eigenvalue weighted by Gasteiger charge is 2.33. The lowest BCUT2D eigenvalue weighted by atomic mass is 10.2. The summed E-state index contributed by atoms with van der Waals surface area (Å²) in [6, 6.07) is 10.6. The van der Waals surface area contributed by atoms with Gasteiger partial charge in [0, 0.05) is 12.2 Å². The maximum Gasteiger partial charge on any atom is 0.417 e. The minimum Gasteiger partial charge on any atom is -0.497 e.